The molecule has 5 aromatic rings. The molecule has 0 aromatic heterocycles. The van der Waals surface area contributed by atoms with Crippen LogP contribution >= 0.6 is 0 Å². The second-order valence-corrected chi connectivity index (χ2v) is 13.1. The fourth-order valence-electron chi connectivity index (χ4n) is 8.83. The third kappa shape index (κ3) is 4.18. The van der Waals surface area contributed by atoms with Gasteiger partial charge in [0, 0.05) is 11.6 Å². The highest BCUT2D eigenvalue weighted by molar-refractivity contribution is 6.39. The number of hydrogen-bond acceptors (Lipinski definition) is 7. The van der Waals surface area contributed by atoms with Crippen molar-refractivity contribution in [2.75, 3.05) is 19.1 Å². The molecule has 2 bridgehead atoms. The number of aryl methyl sites for hydroxylation is 1. The van der Waals surface area contributed by atoms with E-state index in [1.165, 1.54) is 12.1 Å². The summed E-state index contributed by atoms with van der Waals surface area (Å²) in [6.07, 6.45) is 0. The van der Waals surface area contributed by atoms with E-state index in [1.54, 1.807) is 27.2 Å². The van der Waals surface area contributed by atoms with Crippen molar-refractivity contribution in [3.63, 3.8) is 0 Å². The Hall–Kier alpha value is -6.35. The molecule has 1 saturated carbocycles. The fraction of sp³-hybridized carbons (Fsp3) is 0.167. The van der Waals surface area contributed by atoms with Gasteiger partial charge in [0.15, 0.2) is 5.78 Å². The molecule has 1 aliphatic heterocycles. The molecular formula is C42H32N2O7. The predicted molar refractivity (Wildman–Crippen MR) is 191 cm³/mol. The van der Waals surface area contributed by atoms with E-state index in [-0.39, 0.29) is 17.2 Å². The lowest BCUT2D eigenvalue weighted by Gasteiger charge is -2.39. The van der Waals surface area contributed by atoms with E-state index >= 15 is 14.4 Å². The summed E-state index contributed by atoms with van der Waals surface area (Å²) in [5.74, 6) is -2.54. The van der Waals surface area contributed by atoms with E-state index < -0.39 is 39.4 Å². The van der Waals surface area contributed by atoms with Crippen LogP contribution in [0, 0.1) is 28.9 Å². The van der Waals surface area contributed by atoms with Gasteiger partial charge in [-0.2, -0.15) is 0 Å². The maximum Gasteiger partial charge on any atom is 0.274 e. The summed E-state index contributed by atoms with van der Waals surface area (Å²) in [5.41, 5.74) is 0.814. The number of methoxy groups -OCH3 is 2. The summed E-state index contributed by atoms with van der Waals surface area (Å²) in [6, 6.07) is 37.5. The number of nitrogens with zero attached hydrogens (tertiary/aromatic N) is 2. The SMILES string of the molecule is COc1ccc(C2=C(c3ccc(OC)cc3)[C@@]3(c4ccccc4)C(=O)[C@@]2(c2ccccc2)[C@H]2C(=O)N(c4ccc(C)c([N+](=O)[O-])c4)C(=O)[C@@H]23)cc1. The molecule has 1 saturated heterocycles. The van der Waals surface area contributed by atoms with Crippen molar-refractivity contribution < 1.29 is 28.8 Å². The summed E-state index contributed by atoms with van der Waals surface area (Å²) in [5, 5.41) is 12.0. The Morgan fingerprint density at radius 3 is 1.45 bits per heavy atom. The van der Waals surface area contributed by atoms with Crippen molar-refractivity contribution in [2.45, 2.75) is 17.8 Å². The molecule has 2 amide bonds. The maximum absolute atomic E-state index is 16.1. The number of benzene rings is 5. The van der Waals surface area contributed by atoms with Crippen molar-refractivity contribution in [2.24, 2.45) is 11.8 Å². The Balaban J connectivity index is 1.52. The van der Waals surface area contributed by atoms with Crippen LogP contribution in [0.4, 0.5) is 11.4 Å². The normalized spacial score (nSPS) is 23.5. The number of anilines is 1. The fourth-order valence-corrected chi connectivity index (χ4v) is 8.83. The molecule has 0 N–H and O–H groups in total. The van der Waals surface area contributed by atoms with Gasteiger partial charge in [0.25, 0.3) is 5.69 Å². The van der Waals surface area contributed by atoms with Gasteiger partial charge in [-0.05, 0) is 70.7 Å². The van der Waals surface area contributed by atoms with Crippen LogP contribution in [0.25, 0.3) is 11.1 Å². The number of ketones is 1. The van der Waals surface area contributed by atoms with Gasteiger partial charge in [-0.15, -0.1) is 0 Å². The molecule has 1 heterocycles. The van der Waals surface area contributed by atoms with Gasteiger partial charge in [-0.1, -0.05) is 91.0 Å². The van der Waals surface area contributed by atoms with Crippen molar-refractivity contribution >= 4 is 40.1 Å². The van der Waals surface area contributed by atoms with Crippen LogP contribution < -0.4 is 14.4 Å². The first-order valence-electron chi connectivity index (χ1n) is 16.5. The molecule has 2 fully saturated rings. The summed E-state index contributed by atoms with van der Waals surface area (Å²) in [7, 11) is 3.15. The molecular weight excluding hydrogens is 644 g/mol. The summed E-state index contributed by atoms with van der Waals surface area (Å²) in [4.78, 5) is 59.0. The Morgan fingerprint density at radius 2 is 1.06 bits per heavy atom. The van der Waals surface area contributed by atoms with Crippen LogP contribution in [0.15, 0.2) is 127 Å². The van der Waals surface area contributed by atoms with Crippen LogP contribution in [0.3, 0.4) is 0 Å². The molecule has 51 heavy (non-hydrogen) atoms. The molecule has 9 heteroatoms. The van der Waals surface area contributed by atoms with E-state index in [2.05, 4.69) is 0 Å². The highest BCUT2D eigenvalue weighted by Gasteiger charge is 2.82. The number of hydrogen-bond donors (Lipinski definition) is 0. The number of allylic oxidation sites excluding steroid dienone is 2. The Labute approximate surface area is 293 Å². The number of carbonyl (C=O) groups is 3. The first-order valence-corrected chi connectivity index (χ1v) is 16.5. The van der Waals surface area contributed by atoms with Crippen LogP contribution in [0.2, 0.25) is 0 Å². The molecule has 0 radical (unpaired) electrons. The van der Waals surface area contributed by atoms with E-state index in [0.717, 1.165) is 4.90 Å². The minimum atomic E-state index is -1.62. The topological polar surface area (TPSA) is 116 Å². The lowest BCUT2D eigenvalue weighted by Crippen LogP contribution is -2.45. The molecule has 252 valence electrons. The van der Waals surface area contributed by atoms with Gasteiger partial charge in [0.1, 0.15) is 11.5 Å². The van der Waals surface area contributed by atoms with Crippen LogP contribution in [-0.2, 0) is 25.2 Å². The number of rotatable bonds is 8. The monoisotopic (exact) mass is 676 g/mol. The quantitative estimate of drug-likeness (QED) is 0.0977. The molecule has 0 spiro atoms. The second-order valence-electron chi connectivity index (χ2n) is 13.1. The number of carbonyl (C=O) groups excluding carboxylic acids is 3. The summed E-state index contributed by atoms with van der Waals surface area (Å²) in [6.45, 7) is 1.60. The van der Waals surface area contributed by atoms with Crippen molar-refractivity contribution in [1.82, 2.24) is 0 Å². The Morgan fingerprint density at radius 1 is 0.627 bits per heavy atom. The highest BCUT2D eigenvalue weighted by atomic mass is 16.6. The zero-order chi connectivity index (χ0) is 35.7. The van der Waals surface area contributed by atoms with Gasteiger partial charge >= 0.3 is 0 Å². The minimum absolute atomic E-state index is 0.0898. The first-order chi connectivity index (χ1) is 24.7. The minimum Gasteiger partial charge on any atom is -0.497 e. The number of amides is 2. The predicted octanol–water partition coefficient (Wildman–Crippen LogP) is 7.11. The van der Waals surface area contributed by atoms with Gasteiger partial charge in [0.2, 0.25) is 11.8 Å². The van der Waals surface area contributed by atoms with Crippen molar-refractivity contribution in [3.8, 4) is 11.5 Å². The number of imide groups is 1. The third-order valence-electron chi connectivity index (χ3n) is 10.9. The van der Waals surface area contributed by atoms with Gasteiger partial charge in [-0.25, -0.2) is 4.90 Å². The zero-order valence-electron chi connectivity index (χ0n) is 28.0. The molecule has 3 aliphatic rings. The van der Waals surface area contributed by atoms with Crippen LogP contribution in [0.1, 0.15) is 27.8 Å². The summed E-state index contributed by atoms with van der Waals surface area (Å²) >= 11 is 0. The molecule has 5 aromatic carbocycles. The number of fused-ring (bicyclic) bond motifs is 5. The summed E-state index contributed by atoms with van der Waals surface area (Å²) < 4.78 is 11.0. The van der Waals surface area contributed by atoms with Crippen LogP contribution in [0.5, 0.6) is 11.5 Å². The van der Waals surface area contributed by atoms with Gasteiger partial charge in [0.05, 0.1) is 47.5 Å². The lowest BCUT2D eigenvalue weighted by molar-refractivity contribution is -0.385. The Bertz CT molecular complexity index is 2160. The van der Waals surface area contributed by atoms with Crippen LogP contribution in [-0.4, -0.2) is 36.7 Å². The number of nitro benzene ring substituents is 1. The lowest BCUT2D eigenvalue weighted by atomic mass is 9.59. The average molecular weight is 677 g/mol. The molecule has 4 atom stereocenters. The van der Waals surface area contributed by atoms with E-state index in [9.17, 15) is 10.1 Å². The highest BCUT2D eigenvalue weighted by Crippen LogP contribution is 2.74. The van der Waals surface area contributed by atoms with E-state index in [4.69, 9.17) is 9.47 Å². The third-order valence-corrected chi connectivity index (χ3v) is 10.9. The molecule has 9 nitrogen and oxygen atoms in total. The molecule has 2 aliphatic carbocycles. The Kier molecular flexibility index (Phi) is 7.27. The van der Waals surface area contributed by atoms with Crippen molar-refractivity contribution in [1.29, 1.82) is 0 Å². The zero-order valence-corrected chi connectivity index (χ0v) is 28.0. The van der Waals surface area contributed by atoms with E-state index in [1.807, 2.05) is 109 Å². The number of nitro groups is 1. The number of Topliss-reactive ketones (excluding diaryl/α,β-unsaturated/α-hetero) is 1. The van der Waals surface area contributed by atoms with E-state index in [0.29, 0.717) is 50.5 Å². The molecule has 0 unspecified atom stereocenters. The first kappa shape index (κ1) is 31.9. The van der Waals surface area contributed by atoms with Gasteiger partial charge < -0.3 is 9.47 Å². The maximum atomic E-state index is 16.1. The second kappa shape index (κ2) is 11.6. The van der Waals surface area contributed by atoms with Crippen molar-refractivity contribution in [3.05, 3.63) is 165 Å². The average Bonchev–Trinajstić information content (AvgIpc) is 3.68. The largest absolute Gasteiger partial charge is 0.497 e. The standard InChI is InChI=1S/C42H32N2O7/c1-25-14-19-30(24-33(25)44(48)49)43-38(45)36-37(39(43)46)42(29-12-8-5-9-13-29)35(27-17-22-32(51-3)23-18-27)34(26-15-20-31(50-2)21-16-26)41(36,40(42)47)28-10-6-4-7-11-28/h4-24,36-37H,1-3H3/t36-,37-,41-,42-/m1/s1. The van der Waals surface area contributed by atoms with Gasteiger partial charge in [-0.3, -0.25) is 24.5 Å². The molecule has 8 rings (SSSR count). The smallest absolute Gasteiger partial charge is 0.274 e. The number of ether oxygens (including phenoxy) is 2.